The molecule has 0 amide bonds. The number of allylic oxidation sites excluding steroid dienone is 2. The first-order valence-corrected chi connectivity index (χ1v) is 12.4. The van der Waals surface area contributed by atoms with Crippen LogP contribution in [0.2, 0.25) is 0 Å². The number of aliphatic imine (C=N–C) groups is 1. The molecule has 1 aliphatic carbocycles. The summed E-state index contributed by atoms with van der Waals surface area (Å²) in [6, 6.07) is 14.2. The SMILES string of the molecule is Cc1ccc(S(=O)(=O)/N=C(/N=C2C(Cl)=C(Cl)C(=O)C(Cl)(Cl)C2(Cl)Cl)c2ccccc2)cc1. The van der Waals surface area contributed by atoms with Gasteiger partial charge in [-0.3, -0.25) is 4.79 Å². The molecule has 0 fully saturated rings. The number of carbonyl (C=O) groups excluding carboxylic acids is 1. The molecule has 5 nitrogen and oxygen atoms in total. The van der Waals surface area contributed by atoms with Crippen LogP contribution < -0.4 is 0 Å². The topological polar surface area (TPSA) is 75.9 Å². The molecule has 3 rings (SSSR count). The van der Waals surface area contributed by atoms with Crippen molar-refractivity contribution in [1.29, 1.82) is 0 Å². The Labute approximate surface area is 214 Å². The molecule has 0 bridgehead atoms. The highest BCUT2D eigenvalue weighted by atomic mass is 35.5. The van der Waals surface area contributed by atoms with Crippen LogP contribution >= 0.6 is 69.6 Å². The van der Waals surface area contributed by atoms with Gasteiger partial charge in [-0.05, 0) is 19.1 Å². The Kier molecular flexibility index (Phi) is 7.38. The molecule has 0 aromatic heterocycles. The number of amidine groups is 1. The molecule has 0 aliphatic heterocycles. The molecule has 12 heteroatoms. The second-order valence-corrected chi connectivity index (χ2v) is 11.7. The van der Waals surface area contributed by atoms with Crippen molar-refractivity contribution < 1.29 is 13.2 Å². The Morgan fingerprint density at radius 3 is 1.97 bits per heavy atom. The summed E-state index contributed by atoms with van der Waals surface area (Å²) >= 11 is 36.9. The number of sulfonamides is 1. The number of ketones is 1. The lowest BCUT2D eigenvalue weighted by molar-refractivity contribution is -0.115. The fourth-order valence-corrected chi connectivity index (χ4v) is 5.06. The minimum absolute atomic E-state index is 0.0673. The highest BCUT2D eigenvalue weighted by molar-refractivity contribution is 7.90. The molecule has 0 N–H and O–H groups in total. The monoisotopic (exact) mass is 570 g/mol. The number of alkyl halides is 4. The Morgan fingerprint density at radius 1 is 0.844 bits per heavy atom. The van der Waals surface area contributed by atoms with E-state index in [1.54, 1.807) is 42.5 Å². The van der Waals surface area contributed by atoms with Gasteiger partial charge in [-0.1, -0.05) is 118 Å². The van der Waals surface area contributed by atoms with Crippen LogP contribution in [0.1, 0.15) is 11.1 Å². The van der Waals surface area contributed by atoms with Crippen molar-refractivity contribution in [3.8, 4) is 0 Å². The number of carbonyl (C=O) groups is 1. The Morgan fingerprint density at radius 2 is 1.41 bits per heavy atom. The predicted molar refractivity (Wildman–Crippen MR) is 131 cm³/mol. The Bertz CT molecular complexity index is 1270. The van der Waals surface area contributed by atoms with Crippen molar-refractivity contribution >= 4 is 97.0 Å². The van der Waals surface area contributed by atoms with Gasteiger partial charge in [0.15, 0.2) is 5.84 Å². The molecule has 1 aliphatic rings. The van der Waals surface area contributed by atoms with E-state index in [1.165, 1.54) is 12.1 Å². The number of aryl methyl sites for hydroxylation is 1. The molecular formula is C20H12Cl6N2O3S. The third-order valence-corrected chi connectivity index (χ3v) is 8.68. The number of hydrogen-bond donors (Lipinski definition) is 0. The van der Waals surface area contributed by atoms with Gasteiger partial charge in [-0.25, -0.2) is 4.99 Å². The number of Topliss-reactive ketones (excluding diaryl/α,β-unsaturated/α-hetero) is 1. The van der Waals surface area contributed by atoms with Gasteiger partial charge in [0.25, 0.3) is 10.0 Å². The second-order valence-electron chi connectivity index (χ2n) is 6.64. The summed E-state index contributed by atoms with van der Waals surface area (Å²) in [7, 11) is -4.21. The molecule has 32 heavy (non-hydrogen) atoms. The largest absolute Gasteiger partial charge is 0.290 e. The number of halogens is 6. The van der Waals surface area contributed by atoms with Gasteiger partial charge in [-0.15, -0.1) is 4.40 Å². The van der Waals surface area contributed by atoms with E-state index in [-0.39, 0.29) is 16.3 Å². The highest BCUT2D eigenvalue weighted by Gasteiger charge is 2.61. The maximum absolute atomic E-state index is 13.0. The highest BCUT2D eigenvalue weighted by Crippen LogP contribution is 2.52. The standard InChI is InChI=1S/C20H12Cl6N2O3S/c1-11-7-9-13(10-8-11)32(30,31)28-18(12-5-3-2-4-6-12)27-16-14(21)15(22)17(29)20(25,26)19(16,23)24/h2-10H,1H3/b27-16?,28-18+. The fourth-order valence-electron chi connectivity index (χ4n) is 2.60. The number of benzene rings is 2. The Balaban J connectivity index is 2.29. The van der Waals surface area contributed by atoms with Crippen molar-refractivity contribution in [3.63, 3.8) is 0 Å². The van der Waals surface area contributed by atoms with E-state index in [1.807, 2.05) is 6.92 Å². The summed E-state index contributed by atoms with van der Waals surface area (Å²) in [5.74, 6) is -1.35. The maximum Gasteiger partial charge on any atom is 0.284 e. The van der Waals surface area contributed by atoms with E-state index < -0.39 is 40.2 Å². The number of rotatable bonds is 3. The molecule has 0 saturated carbocycles. The zero-order chi connectivity index (χ0) is 23.9. The first-order chi connectivity index (χ1) is 14.8. The molecule has 168 valence electrons. The molecule has 0 unspecified atom stereocenters. The van der Waals surface area contributed by atoms with Gasteiger partial charge < -0.3 is 0 Å². The summed E-state index contributed by atoms with van der Waals surface area (Å²) < 4.78 is 25.0. The first kappa shape index (κ1) is 25.5. The zero-order valence-corrected chi connectivity index (χ0v) is 21.3. The molecule has 0 atom stereocenters. The van der Waals surface area contributed by atoms with Crippen molar-refractivity contribution in [2.75, 3.05) is 0 Å². The van der Waals surface area contributed by atoms with E-state index in [4.69, 9.17) is 69.6 Å². The number of hydrogen-bond acceptors (Lipinski definition) is 3. The normalized spacial score (nSPS) is 20.0. The van der Waals surface area contributed by atoms with E-state index in [2.05, 4.69) is 9.39 Å². The van der Waals surface area contributed by atoms with Crippen molar-refractivity contribution in [2.24, 2.45) is 9.39 Å². The van der Waals surface area contributed by atoms with Crippen LogP contribution in [0.15, 0.2) is 78.9 Å². The molecule has 0 radical (unpaired) electrons. The molecule has 2 aromatic carbocycles. The van der Waals surface area contributed by atoms with Crippen LogP contribution in [0.4, 0.5) is 0 Å². The lowest BCUT2D eigenvalue weighted by atomic mass is 10.0. The molecule has 0 spiro atoms. The summed E-state index contributed by atoms with van der Waals surface area (Å²) in [6.07, 6.45) is 0. The number of nitrogens with zero attached hydrogens (tertiary/aromatic N) is 2. The lowest BCUT2D eigenvalue weighted by Crippen LogP contribution is -2.53. The average molecular weight is 573 g/mol. The minimum atomic E-state index is -4.21. The summed E-state index contributed by atoms with van der Waals surface area (Å²) in [4.78, 5) is 16.4. The Hall–Kier alpha value is -1.12. The fraction of sp³-hybridized carbons (Fsp3) is 0.150. The predicted octanol–water partition coefficient (Wildman–Crippen LogP) is 6.19. The molecule has 0 saturated heterocycles. The summed E-state index contributed by atoms with van der Waals surface area (Å²) in [6.45, 7) is 1.81. The van der Waals surface area contributed by atoms with Crippen molar-refractivity contribution in [3.05, 3.63) is 75.8 Å². The molecule has 2 aromatic rings. The van der Waals surface area contributed by atoms with Crippen LogP contribution in [0.25, 0.3) is 0 Å². The quantitative estimate of drug-likeness (QED) is 0.250. The molecule has 0 heterocycles. The zero-order valence-electron chi connectivity index (χ0n) is 16.0. The van der Waals surface area contributed by atoms with Gasteiger partial charge >= 0.3 is 0 Å². The minimum Gasteiger partial charge on any atom is -0.290 e. The summed E-state index contributed by atoms with van der Waals surface area (Å²) in [5.41, 5.74) is 0.718. The molecular weight excluding hydrogens is 561 g/mol. The third kappa shape index (κ3) is 4.73. The van der Waals surface area contributed by atoms with E-state index in [0.717, 1.165) is 5.56 Å². The maximum atomic E-state index is 13.0. The van der Waals surface area contributed by atoms with Crippen LogP contribution in [0.3, 0.4) is 0 Å². The average Bonchev–Trinajstić information content (AvgIpc) is 2.74. The summed E-state index contributed by atoms with van der Waals surface area (Å²) in [5, 5.41) is -0.990. The lowest BCUT2D eigenvalue weighted by Gasteiger charge is -2.36. The van der Waals surface area contributed by atoms with Crippen molar-refractivity contribution in [2.45, 2.75) is 20.5 Å². The van der Waals surface area contributed by atoms with Gasteiger partial charge in [0.2, 0.25) is 14.4 Å². The smallest absolute Gasteiger partial charge is 0.284 e. The van der Waals surface area contributed by atoms with Crippen LogP contribution in [0.5, 0.6) is 0 Å². The van der Waals surface area contributed by atoms with E-state index >= 15 is 0 Å². The third-order valence-electron chi connectivity index (χ3n) is 4.35. The van der Waals surface area contributed by atoms with Gasteiger partial charge in [0.1, 0.15) is 10.7 Å². The van der Waals surface area contributed by atoms with E-state index in [9.17, 15) is 13.2 Å². The van der Waals surface area contributed by atoms with Crippen LogP contribution in [-0.2, 0) is 14.8 Å². The van der Waals surface area contributed by atoms with Crippen LogP contribution in [-0.4, -0.2) is 34.4 Å². The van der Waals surface area contributed by atoms with Gasteiger partial charge in [0, 0.05) is 5.56 Å². The van der Waals surface area contributed by atoms with Crippen LogP contribution in [0, 0.1) is 6.92 Å². The van der Waals surface area contributed by atoms with Gasteiger partial charge in [0.05, 0.1) is 9.93 Å². The van der Waals surface area contributed by atoms with Crippen molar-refractivity contribution in [1.82, 2.24) is 0 Å². The van der Waals surface area contributed by atoms with E-state index in [0.29, 0.717) is 0 Å². The van der Waals surface area contributed by atoms with Gasteiger partial charge in [-0.2, -0.15) is 8.42 Å². The second kappa shape index (κ2) is 9.26. The first-order valence-electron chi connectivity index (χ1n) is 8.71.